The monoisotopic (exact) mass is 404 g/mol. The Kier molecular flexibility index (Phi) is 5.84. The first kappa shape index (κ1) is 19.8. The number of carbonyl (C=O) groups excluding carboxylic acids is 1. The van der Waals surface area contributed by atoms with Crippen LogP contribution in [0.3, 0.4) is 0 Å². The Balaban J connectivity index is 1.25. The van der Waals surface area contributed by atoms with Crippen LogP contribution in [0.4, 0.5) is 0 Å². The fraction of sp³-hybridized carbons (Fsp3) is 0.250. The lowest BCUT2D eigenvalue weighted by atomic mass is 10.1. The van der Waals surface area contributed by atoms with Crippen molar-refractivity contribution in [2.45, 2.75) is 33.2 Å². The van der Waals surface area contributed by atoms with Gasteiger partial charge >= 0.3 is 0 Å². The fourth-order valence-corrected chi connectivity index (χ4v) is 3.15. The molecule has 154 valence electrons. The summed E-state index contributed by atoms with van der Waals surface area (Å²) < 4.78 is 16.5. The molecule has 4 rings (SSSR count). The molecule has 0 bridgehead atoms. The SMILES string of the molecule is Cc1ccc(C)c(Oc2ccc(CNC(=O)CCc3ccc4c(c3)OCO4)cn2)c1. The number of fused-ring (bicyclic) bond motifs is 1. The average molecular weight is 404 g/mol. The van der Waals surface area contributed by atoms with E-state index in [1.54, 1.807) is 6.20 Å². The summed E-state index contributed by atoms with van der Waals surface area (Å²) in [7, 11) is 0. The molecule has 0 spiro atoms. The van der Waals surface area contributed by atoms with Crippen LogP contribution in [-0.4, -0.2) is 17.7 Å². The maximum absolute atomic E-state index is 12.2. The molecule has 0 saturated heterocycles. The molecule has 0 saturated carbocycles. The van der Waals surface area contributed by atoms with E-state index in [1.807, 2.05) is 62.4 Å². The third-order valence-electron chi connectivity index (χ3n) is 4.92. The summed E-state index contributed by atoms with van der Waals surface area (Å²) in [6.07, 6.45) is 2.77. The highest BCUT2D eigenvalue weighted by Crippen LogP contribution is 2.32. The molecule has 6 heteroatoms. The van der Waals surface area contributed by atoms with E-state index in [0.717, 1.165) is 39.5 Å². The molecule has 1 aliphatic heterocycles. The van der Waals surface area contributed by atoms with Crippen molar-refractivity contribution in [3.8, 4) is 23.1 Å². The molecule has 1 amide bonds. The Bertz CT molecular complexity index is 1050. The summed E-state index contributed by atoms with van der Waals surface area (Å²) in [4.78, 5) is 16.5. The summed E-state index contributed by atoms with van der Waals surface area (Å²) in [6.45, 7) is 4.71. The lowest BCUT2D eigenvalue weighted by molar-refractivity contribution is -0.121. The van der Waals surface area contributed by atoms with E-state index >= 15 is 0 Å². The van der Waals surface area contributed by atoms with Crippen molar-refractivity contribution in [2.75, 3.05) is 6.79 Å². The van der Waals surface area contributed by atoms with Crippen LogP contribution in [0.5, 0.6) is 23.1 Å². The molecule has 0 atom stereocenters. The van der Waals surface area contributed by atoms with Crippen molar-refractivity contribution in [2.24, 2.45) is 0 Å². The van der Waals surface area contributed by atoms with Crippen molar-refractivity contribution < 1.29 is 19.0 Å². The van der Waals surface area contributed by atoms with Gasteiger partial charge in [0, 0.05) is 25.2 Å². The number of rotatable bonds is 7. The molecule has 0 aliphatic carbocycles. The van der Waals surface area contributed by atoms with Crippen molar-refractivity contribution >= 4 is 5.91 Å². The average Bonchev–Trinajstić information content (AvgIpc) is 3.22. The third-order valence-corrected chi connectivity index (χ3v) is 4.92. The van der Waals surface area contributed by atoms with Crippen LogP contribution >= 0.6 is 0 Å². The van der Waals surface area contributed by atoms with E-state index in [-0.39, 0.29) is 12.7 Å². The number of aryl methyl sites for hydroxylation is 3. The van der Waals surface area contributed by atoms with Gasteiger partial charge in [-0.25, -0.2) is 4.98 Å². The summed E-state index contributed by atoms with van der Waals surface area (Å²) in [5, 5.41) is 2.93. The minimum atomic E-state index is -0.0108. The standard InChI is InChI=1S/C24H24N2O4/c1-16-3-4-17(2)21(11-16)30-24-10-7-19(14-26-24)13-25-23(27)9-6-18-5-8-20-22(12-18)29-15-28-20/h3-5,7-8,10-12,14H,6,9,13,15H2,1-2H3,(H,25,27). The molecule has 0 fully saturated rings. The number of amides is 1. The van der Waals surface area contributed by atoms with Gasteiger partial charge in [-0.1, -0.05) is 24.3 Å². The number of aromatic nitrogens is 1. The quantitative estimate of drug-likeness (QED) is 0.629. The minimum absolute atomic E-state index is 0.0108. The second-order valence-electron chi connectivity index (χ2n) is 7.34. The van der Waals surface area contributed by atoms with E-state index in [1.165, 1.54) is 0 Å². The Morgan fingerprint density at radius 2 is 1.87 bits per heavy atom. The highest BCUT2D eigenvalue weighted by molar-refractivity contribution is 5.76. The number of benzene rings is 2. The van der Waals surface area contributed by atoms with E-state index < -0.39 is 0 Å². The Labute approximate surface area is 175 Å². The molecule has 0 radical (unpaired) electrons. The van der Waals surface area contributed by atoms with Crippen LogP contribution in [0.15, 0.2) is 54.7 Å². The summed E-state index contributed by atoms with van der Waals surface area (Å²) in [5.41, 5.74) is 4.15. The van der Waals surface area contributed by atoms with Crippen molar-refractivity contribution in [3.63, 3.8) is 0 Å². The van der Waals surface area contributed by atoms with Gasteiger partial charge in [0.15, 0.2) is 11.5 Å². The lowest BCUT2D eigenvalue weighted by Crippen LogP contribution is -2.23. The molecule has 2 heterocycles. The number of pyridine rings is 1. The van der Waals surface area contributed by atoms with Crippen LogP contribution in [0.25, 0.3) is 0 Å². The van der Waals surface area contributed by atoms with E-state index in [0.29, 0.717) is 25.3 Å². The zero-order valence-electron chi connectivity index (χ0n) is 17.1. The normalized spacial score (nSPS) is 11.9. The number of nitrogens with one attached hydrogen (secondary N) is 1. The van der Waals surface area contributed by atoms with Crippen LogP contribution in [0.2, 0.25) is 0 Å². The van der Waals surface area contributed by atoms with E-state index in [2.05, 4.69) is 10.3 Å². The molecular formula is C24H24N2O4. The maximum Gasteiger partial charge on any atom is 0.231 e. The van der Waals surface area contributed by atoms with Crippen LogP contribution in [0, 0.1) is 13.8 Å². The molecular weight excluding hydrogens is 380 g/mol. The Morgan fingerprint density at radius 1 is 1.03 bits per heavy atom. The molecule has 2 aromatic carbocycles. The van der Waals surface area contributed by atoms with Crippen molar-refractivity contribution in [1.82, 2.24) is 10.3 Å². The molecule has 30 heavy (non-hydrogen) atoms. The molecule has 1 aromatic heterocycles. The van der Waals surface area contributed by atoms with Gasteiger partial charge in [0.05, 0.1) is 0 Å². The number of carbonyl (C=O) groups is 1. The number of ether oxygens (including phenoxy) is 3. The molecule has 0 unspecified atom stereocenters. The predicted molar refractivity (Wildman–Crippen MR) is 113 cm³/mol. The summed E-state index contributed by atoms with van der Waals surface area (Å²) in [5.74, 6) is 2.81. The first-order valence-electron chi connectivity index (χ1n) is 9.92. The zero-order valence-corrected chi connectivity index (χ0v) is 17.1. The third kappa shape index (κ3) is 4.89. The first-order valence-corrected chi connectivity index (χ1v) is 9.92. The van der Waals surface area contributed by atoms with Crippen LogP contribution in [-0.2, 0) is 17.8 Å². The molecule has 1 N–H and O–H groups in total. The Hall–Kier alpha value is -3.54. The zero-order chi connectivity index (χ0) is 20.9. The predicted octanol–water partition coefficient (Wildman–Crippen LogP) is 4.47. The lowest BCUT2D eigenvalue weighted by Gasteiger charge is -2.10. The second kappa shape index (κ2) is 8.86. The van der Waals surface area contributed by atoms with Gasteiger partial charge in [0.1, 0.15) is 5.75 Å². The van der Waals surface area contributed by atoms with Crippen molar-refractivity contribution in [3.05, 3.63) is 77.0 Å². The highest BCUT2D eigenvalue weighted by atomic mass is 16.7. The largest absolute Gasteiger partial charge is 0.454 e. The van der Waals surface area contributed by atoms with Crippen LogP contribution < -0.4 is 19.5 Å². The van der Waals surface area contributed by atoms with Gasteiger partial charge in [-0.05, 0) is 60.7 Å². The molecule has 6 nitrogen and oxygen atoms in total. The highest BCUT2D eigenvalue weighted by Gasteiger charge is 2.13. The molecule has 3 aromatic rings. The molecule has 1 aliphatic rings. The van der Waals surface area contributed by atoms with E-state index in [4.69, 9.17) is 14.2 Å². The smallest absolute Gasteiger partial charge is 0.231 e. The first-order chi connectivity index (χ1) is 14.6. The van der Waals surface area contributed by atoms with Gasteiger partial charge < -0.3 is 19.5 Å². The number of nitrogens with zero attached hydrogens (tertiary/aromatic N) is 1. The fourth-order valence-electron chi connectivity index (χ4n) is 3.15. The van der Waals surface area contributed by atoms with Gasteiger partial charge in [-0.15, -0.1) is 0 Å². The second-order valence-corrected chi connectivity index (χ2v) is 7.34. The number of hydrogen-bond donors (Lipinski definition) is 1. The summed E-state index contributed by atoms with van der Waals surface area (Å²) in [6, 6.07) is 15.6. The van der Waals surface area contributed by atoms with E-state index in [9.17, 15) is 4.79 Å². The Morgan fingerprint density at radius 3 is 2.70 bits per heavy atom. The van der Waals surface area contributed by atoms with Gasteiger partial charge in [-0.2, -0.15) is 0 Å². The summed E-state index contributed by atoms with van der Waals surface area (Å²) >= 11 is 0. The van der Waals surface area contributed by atoms with Crippen molar-refractivity contribution in [1.29, 1.82) is 0 Å². The van der Waals surface area contributed by atoms with Gasteiger partial charge in [0.25, 0.3) is 0 Å². The van der Waals surface area contributed by atoms with Gasteiger partial charge in [0.2, 0.25) is 18.6 Å². The van der Waals surface area contributed by atoms with Gasteiger partial charge in [-0.3, -0.25) is 4.79 Å². The maximum atomic E-state index is 12.2. The number of hydrogen-bond acceptors (Lipinski definition) is 5. The van der Waals surface area contributed by atoms with Crippen LogP contribution in [0.1, 0.15) is 28.7 Å². The topological polar surface area (TPSA) is 69.7 Å². The minimum Gasteiger partial charge on any atom is -0.454 e.